The molecule has 1 fully saturated rings. The van der Waals surface area contributed by atoms with Crippen LogP contribution >= 0.6 is 11.6 Å². The van der Waals surface area contributed by atoms with Crippen molar-refractivity contribution in [3.63, 3.8) is 0 Å². The van der Waals surface area contributed by atoms with E-state index in [1.807, 2.05) is 0 Å². The smallest absolute Gasteiger partial charge is 0.146 e. The summed E-state index contributed by atoms with van der Waals surface area (Å²) < 4.78 is 14.2. The zero-order valence-corrected chi connectivity index (χ0v) is 12.3. The molecule has 1 heterocycles. The molecule has 0 spiro atoms. The van der Waals surface area contributed by atoms with Crippen LogP contribution in [0.5, 0.6) is 0 Å². The van der Waals surface area contributed by atoms with E-state index in [1.54, 1.807) is 18.2 Å². The van der Waals surface area contributed by atoms with Crippen molar-refractivity contribution >= 4 is 11.6 Å². The van der Waals surface area contributed by atoms with Crippen LogP contribution in [0.25, 0.3) is 0 Å². The highest BCUT2D eigenvalue weighted by Crippen LogP contribution is 2.34. The van der Waals surface area contributed by atoms with Gasteiger partial charge in [-0.2, -0.15) is 0 Å². The Morgan fingerprint density at radius 3 is 2.84 bits per heavy atom. The maximum atomic E-state index is 14.2. The Bertz CT molecular complexity index is 436. The molecule has 106 valence electrons. The number of nitrogens with zero attached hydrogens (tertiary/aromatic N) is 1. The molecule has 2 atom stereocenters. The molecule has 4 heteroatoms. The van der Waals surface area contributed by atoms with E-state index in [4.69, 9.17) is 17.3 Å². The molecule has 0 radical (unpaired) electrons. The summed E-state index contributed by atoms with van der Waals surface area (Å²) in [5.74, 6) is 0.229. The quantitative estimate of drug-likeness (QED) is 0.915. The fourth-order valence-corrected chi connectivity index (χ4v) is 3.32. The highest BCUT2D eigenvalue weighted by molar-refractivity contribution is 6.30. The Morgan fingerprint density at radius 1 is 1.47 bits per heavy atom. The number of halogens is 2. The summed E-state index contributed by atoms with van der Waals surface area (Å²) in [5.41, 5.74) is 6.54. The van der Waals surface area contributed by atoms with E-state index in [0.717, 1.165) is 19.4 Å². The summed E-state index contributed by atoms with van der Waals surface area (Å²) in [6.45, 7) is 5.83. The van der Waals surface area contributed by atoms with Crippen molar-refractivity contribution in [2.75, 3.05) is 13.1 Å². The monoisotopic (exact) mass is 284 g/mol. The first kappa shape index (κ1) is 14.8. The van der Waals surface area contributed by atoms with Gasteiger partial charge in [0.1, 0.15) is 5.82 Å². The minimum atomic E-state index is -0.325. The van der Waals surface area contributed by atoms with Crippen molar-refractivity contribution in [3.05, 3.63) is 34.6 Å². The number of rotatable bonds is 4. The number of hydrogen-bond acceptors (Lipinski definition) is 2. The zero-order chi connectivity index (χ0) is 14.0. The number of likely N-dealkylation sites (tertiary alicyclic amines) is 1. The lowest BCUT2D eigenvalue weighted by molar-refractivity contribution is 0.147. The fourth-order valence-electron chi connectivity index (χ4n) is 3.14. The summed E-state index contributed by atoms with van der Waals surface area (Å²) in [4.78, 5) is 2.35. The highest BCUT2D eigenvalue weighted by atomic mass is 35.5. The summed E-state index contributed by atoms with van der Waals surface area (Å²) in [5, 5.41) is 0.177. The van der Waals surface area contributed by atoms with Gasteiger partial charge in [0.15, 0.2) is 0 Å². The van der Waals surface area contributed by atoms with Crippen LogP contribution in [0.3, 0.4) is 0 Å². The maximum Gasteiger partial charge on any atom is 0.146 e. The van der Waals surface area contributed by atoms with Crippen LogP contribution in [-0.2, 0) is 0 Å². The van der Waals surface area contributed by atoms with Crippen molar-refractivity contribution in [1.29, 1.82) is 0 Å². The second kappa shape index (κ2) is 6.21. The van der Waals surface area contributed by atoms with Gasteiger partial charge in [0.05, 0.1) is 11.1 Å². The Hall–Kier alpha value is -0.640. The van der Waals surface area contributed by atoms with Crippen LogP contribution in [0, 0.1) is 11.7 Å². The van der Waals surface area contributed by atoms with E-state index in [9.17, 15) is 4.39 Å². The van der Waals surface area contributed by atoms with Crippen molar-refractivity contribution in [3.8, 4) is 0 Å². The number of benzene rings is 1. The highest BCUT2D eigenvalue weighted by Gasteiger charge is 2.33. The van der Waals surface area contributed by atoms with Crippen LogP contribution in [0.4, 0.5) is 4.39 Å². The summed E-state index contributed by atoms with van der Waals surface area (Å²) >= 11 is 5.89. The first-order valence-corrected chi connectivity index (χ1v) is 7.33. The Morgan fingerprint density at radius 2 is 2.21 bits per heavy atom. The largest absolute Gasteiger partial charge is 0.329 e. The SMILES string of the molecule is CC(C)C1CCCN1C(CN)c1cccc(Cl)c1F. The average molecular weight is 285 g/mol. The number of hydrogen-bond donors (Lipinski definition) is 1. The normalized spacial score (nSPS) is 22.1. The van der Waals surface area contributed by atoms with Gasteiger partial charge in [0, 0.05) is 18.2 Å². The molecule has 0 aliphatic carbocycles. The minimum absolute atomic E-state index is 0.0754. The summed E-state index contributed by atoms with van der Waals surface area (Å²) in [7, 11) is 0. The van der Waals surface area contributed by atoms with E-state index < -0.39 is 0 Å². The molecule has 0 bridgehead atoms. The van der Waals surface area contributed by atoms with Gasteiger partial charge >= 0.3 is 0 Å². The molecule has 1 aliphatic heterocycles. The van der Waals surface area contributed by atoms with Gasteiger partial charge in [-0.3, -0.25) is 4.90 Å². The molecule has 0 aromatic heterocycles. The van der Waals surface area contributed by atoms with Gasteiger partial charge in [-0.1, -0.05) is 37.6 Å². The molecule has 2 unspecified atom stereocenters. The zero-order valence-electron chi connectivity index (χ0n) is 11.6. The Labute approximate surface area is 119 Å². The standard InChI is InChI=1S/C15H22ClFN2/c1-10(2)13-7-4-8-19(13)14(9-18)11-5-3-6-12(16)15(11)17/h3,5-6,10,13-14H,4,7-9,18H2,1-2H3. The van der Waals surface area contributed by atoms with Crippen molar-refractivity contribution < 1.29 is 4.39 Å². The molecule has 0 saturated carbocycles. The fraction of sp³-hybridized carbons (Fsp3) is 0.600. The average Bonchev–Trinajstić information content (AvgIpc) is 2.85. The Balaban J connectivity index is 2.31. The molecule has 0 amide bonds. The van der Waals surface area contributed by atoms with Crippen LogP contribution in [0.1, 0.15) is 38.3 Å². The van der Waals surface area contributed by atoms with Gasteiger partial charge in [-0.05, 0) is 31.4 Å². The predicted molar refractivity (Wildman–Crippen MR) is 77.8 cm³/mol. The van der Waals surface area contributed by atoms with Crippen LogP contribution in [0.15, 0.2) is 18.2 Å². The molecular weight excluding hydrogens is 263 g/mol. The minimum Gasteiger partial charge on any atom is -0.329 e. The van der Waals surface area contributed by atoms with Gasteiger partial charge in [-0.25, -0.2) is 4.39 Å². The maximum absolute atomic E-state index is 14.2. The van der Waals surface area contributed by atoms with E-state index in [2.05, 4.69) is 18.7 Å². The third kappa shape index (κ3) is 2.93. The predicted octanol–water partition coefficient (Wildman–Crippen LogP) is 3.60. The molecule has 1 aromatic carbocycles. The molecule has 19 heavy (non-hydrogen) atoms. The molecule has 2 rings (SSSR count). The van der Waals surface area contributed by atoms with Gasteiger partial charge in [-0.15, -0.1) is 0 Å². The molecule has 1 saturated heterocycles. The molecule has 1 aliphatic rings. The van der Waals surface area contributed by atoms with Gasteiger partial charge in [0.25, 0.3) is 0 Å². The van der Waals surface area contributed by atoms with Crippen molar-refractivity contribution in [2.45, 2.75) is 38.8 Å². The van der Waals surface area contributed by atoms with E-state index in [1.165, 1.54) is 0 Å². The third-order valence-corrected chi connectivity index (χ3v) is 4.37. The Kier molecular flexibility index (Phi) is 4.82. The summed E-state index contributed by atoms with van der Waals surface area (Å²) in [6.07, 6.45) is 2.32. The van der Waals surface area contributed by atoms with Crippen LogP contribution in [0.2, 0.25) is 5.02 Å². The first-order chi connectivity index (χ1) is 9.06. The lowest BCUT2D eigenvalue weighted by atomic mass is 9.98. The second-order valence-electron chi connectivity index (χ2n) is 5.59. The van der Waals surface area contributed by atoms with Gasteiger partial charge < -0.3 is 5.73 Å². The molecule has 2 nitrogen and oxygen atoms in total. The van der Waals surface area contributed by atoms with E-state index in [-0.39, 0.29) is 16.9 Å². The van der Waals surface area contributed by atoms with Crippen molar-refractivity contribution in [1.82, 2.24) is 4.90 Å². The molecule has 2 N–H and O–H groups in total. The summed E-state index contributed by atoms with van der Waals surface area (Å²) in [6, 6.07) is 5.58. The van der Waals surface area contributed by atoms with Crippen molar-refractivity contribution in [2.24, 2.45) is 11.7 Å². The van der Waals surface area contributed by atoms with E-state index >= 15 is 0 Å². The van der Waals surface area contributed by atoms with Gasteiger partial charge in [0.2, 0.25) is 0 Å². The first-order valence-electron chi connectivity index (χ1n) is 6.96. The third-order valence-electron chi connectivity index (χ3n) is 4.08. The van der Waals surface area contributed by atoms with E-state index in [0.29, 0.717) is 24.1 Å². The van der Waals surface area contributed by atoms with Crippen LogP contribution in [-0.4, -0.2) is 24.0 Å². The van der Waals surface area contributed by atoms with Crippen LogP contribution < -0.4 is 5.73 Å². The number of nitrogens with two attached hydrogens (primary N) is 1. The topological polar surface area (TPSA) is 29.3 Å². The lowest BCUT2D eigenvalue weighted by Crippen LogP contribution is -2.40. The molecular formula is C15H22ClFN2. The second-order valence-corrected chi connectivity index (χ2v) is 5.99. The molecule has 1 aromatic rings. The lowest BCUT2D eigenvalue weighted by Gasteiger charge is -2.35.